The Labute approximate surface area is 209 Å². The summed E-state index contributed by atoms with van der Waals surface area (Å²) in [7, 11) is -3.88. The largest absolute Gasteiger partial charge is 0.303 e. The summed E-state index contributed by atoms with van der Waals surface area (Å²) >= 11 is 0. The molecule has 7 nitrogen and oxygen atoms in total. The van der Waals surface area contributed by atoms with Crippen molar-refractivity contribution in [2.45, 2.75) is 37.6 Å². The number of likely N-dealkylation sites (tertiary alicyclic amines) is 1. The number of nitro groups is 1. The van der Waals surface area contributed by atoms with Gasteiger partial charge >= 0.3 is 0 Å². The van der Waals surface area contributed by atoms with Gasteiger partial charge in [-0.1, -0.05) is 98.8 Å². The lowest BCUT2D eigenvalue weighted by Crippen LogP contribution is -2.47. The van der Waals surface area contributed by atoms with Gasteiger partial charge in [-0.25, -0.2) is 8.42 Å². The standard InChI is InChI=1S/C15H23N3O4S.2C6H6/c1-3-16-11-9-13(10-12-16)17(4-2)23(21,22)15-8-6-5-7-14(15)18(19)20;2*1-2-4-6-5-3-1/h5-8,13H,3-4,9-12H2,1-2H3;2*1-6H. The Morgan fingerprint density at radius 2 is 1.26 bits per heavy atom. The van der Waals surface area contributed by atoms with Crippen LogP contribution in [0.25, 0.3) is 0 Å². The van der Waals surface area contributed by atoms with Crippen LogP contribution in [-0.4, -0.2) is 54.8 Å². The molecule has 3 aromatic rings. The van der Waals surface area contributed by atoms with E-state index in [2.05, 4.69) is 11.8 Å². The van der Waals surface area contributed by atoms with E-state index in [9.17, 15) is 18.5 Å². The van der Waals surface area contributed by atoms with Crippen molar-refractivity contribution in [2.24, 2.45) is 0 Å². The van der Waals surface area contributed by atoms with E-state index in [0.717, 1.165) is 32.5 Å². The highest BCUT2D eigenvalue weighted by atomic mass is 32.2. The summed E-state index contributed by atoms with van der Waals surface area (Å²) in [6.45, 7) is 6.83. The lowest BCUT2D eigenvalue weighted by molar-refractivity contribution is -0.387. The van der Waals surface area contributed by atoms with E-state index in [1.807, 2.05) is 72.8 Å². The Balaban J connectivity index is 0.000000290. The van der Waals surface area contributed by atoms with Gasteiger partial charge in [-0.2, -0.15) is 4.31 Å². The van der Waals surface area contributed by atoms with Crippen molar-refractivity contribution in [2.75, 3.05) is 26.2 Å². The molecule has 0 bridgehead atoms. The highest BCUT2D eigenvalue weighted by molar-refractivity contribution is 7.89. The van der Waals surface area contributed by atoms with E-state index in [-0.39, 0.29) is 16.6 Å². The van der Waals surface area contributed by atoms with Crippen LogP contribution in [0.4, 0.5) is 5.69 Å². The van der Waals surface area contributed by atoms with Gasteiger partial charge in [0.2, 0.25) is 10.0 Å². The van der Waals surface area contributed by atoms with Crippen molar-refractivity contribution >= 4 is 15.7 Å². The number of benzene rings is 3. The third kappa shape index (κ3) is 8.90. The highest BCUT2D eigenvalue weighted by Gasteiger charge is 2.36. The molecule has 0 amide bonds. The van der Waals surface area contributed by atoms with E-state index >= 15 is 0 Å². The van der Waals surface area contributed by atoms with Gasteiger partial charge in [-0.3, -0.25) is 10.1 Å². The summed E-state index contributed by atoms with van der Waals surface area (Å²) < 4.78 is 27.3. The Morgan fingerprint density at radius 3 is 1.63 bits per heavy atom. The van der Waals surface area contributed by atoms with E-state index < -0.39 is 14.9 Å². The first-order valence-corrected chi connectivity index (χ1v) is 13.3. The number of para-hydroxylation sites is 1. The molecule has 1 heterocycles. The molecule has 0 saturated carbocycles. The number of nitro benzene ring substituents is 1. The SMILES string of the molecule is CCN1CCC(N(CC)S(=O)(=O)c2ccccc2[N+](=O)[O-])CC1.c1ccccc1.c1ccccc1. The first-order chi connectivity index (χ1) is 16.9. The van der Waals surface area contributed by atoms with Crippen LogP contribution in [0.15, 0.2) is 102 Å². The minimum absolute atomic E-state index is 0.104. The van der Waals surface area contributed by atoms with Crippen molar-refractivity contribution in [1.82, 2.24) is 9.21 Å². The Hall–Kier alpha value is -3.07. The Morgan fingerprint density at radius 1 is 0.829 bits per heavy atom. The van der Waals surface area contributed by atoms with Gasteiger partial charge in [-0.05, 0) is 38.5 Å². The molecular formula is C27H35N3O4S. The van der Waals surface area contributed by atoms with E-state index in [1.165, 1.54) is 28.6 Å². The van der Waals surface area contributed by atoms with Gasteiger partial charge in [-0.15, -0.1) is 0 Å². The number of piperidine rings is 1. The molecule has 35 heavy (non-hydrogen) atoms. The lowest BCUT2D eigenvalue weighted by Gasteiger charge is -2.36. The molecule has 4 rings (SSSR count). The van der Waals surface area contributed by atoms with Gasteiger partial charge in [0.1, 0.15) is 0 Å². The fraction of sp³-hybridized carbons (Fsp3) is 0.333. The lowest BCUT2D eigenvalue weighted by atomic mass is 10.1. The topological polar surface area (TPSA) is 83.8 Å². The third-order valence-corrected chi connectivity index (χ3v) is 7.78. The summed E-state index contributed by atoms with van der Waals surface area (Å²) in [5, 5.41) is 11.2. The Bertz CT molecular complexity index is 1000. The fourth-order valence-corrected chi connectivity index (χ4v) is 5.72. The van der Waals surface area contributed by atoms with E-state index in [0.29, 0.717) is 6.54 Å². The second-order valence-corrected chi connectivity index (χ2v) is 9.77. The Kier molecular flexibility index (Phi) is 12.1. The van der Waals surface area contributed by atoms with Crippen LogP contribution in [0.3, 0.4) is 0 Å². The monoisotopic (exact) mass is 497 g/mol. The molecule has 1 saturated heterocycles. The molecule has 0 radical (unpaired) electrons. The molecule has 0 spiro atoms. The number of hydrogen-bond donors (Lipinski definition) is 0. The second-order valence-electron chi connectivity index (χ2n) is 7.91. The molecule has 3 aromatic carbocycles. The zero-order valence-corrected chi connectivity index (χ0v) is 21.3. The van der Waals surface area contributed by atoms with Crippen molar-refractivity contribution in [3.05, 3.63) is 107 Å². The zero-order chi connectivity index (χ0) is 25.5. The summed E-state index contributed by atoms with van der Waals surface area (Å²) in [5.74, 6) is 0. The molecule has 188 valence electrons. The normalized spacial score (nSPS) is 14.3. The number of sulfonamides is 1. The number of hydrogen-bond acceptors (Lipinski definition) is 5. The highest BCUT2D eigenvalue weighted by Crippen LogP contribution is 2.29. The van der Waals surface area contributed by atoms with Crippen molar-refractivity contribution in [1.29, 1.82) is 0 Å². The zero-order valence-electron chi connectivity index (χ0n) is 20.4. The minimum atomic E-state index is -3.88. The number of nitrogens with zero attached hydrogens (tertiary/aromatic N) is 3. The number of rotatable bonds is 6. The predicted octanol–water partition coefficient (Wildman–Crippen LogP) is 5.46. The first kappa shape index (κ1) is 28.2. The predicted molar refractivity (Wildman–Crippen MR) is 141 cm³/mol. The molecule has 0 aromatic heterocycles. The quantitative estimate of drug-likeness (QED) is 0.333. The van der Waals surface area contributed by atoms with Crippen molar-refractivity contribution < 1.29 is 13.3 Å². The second kappa shape index (κ2) is 15.0. The molecule has 1 fully saturated rings. The maximum Gasteiger partial charge on any atom is 0.289 e. The van der Waals surface area contributed by atoms with Crippen LogP contribution < -0.4 is 0 Å². The van der Waals surface area contributed by atoms with Crippen LogP contribution in [0.1, 0.15) is 26.7 Å². The van der Waals surface area contributed by atoms with Crippen LogP contribution in [-0.2, 0) is 10.0 Å². The maximum atomic E-state index is 12.9. The van der Waals surface area contributed by atoms with Gasteiger partial charge in [0, 0.05) is 18.7 Å². The molecular weight excluding hydrogens is 462 g/mol. The fourth-order valence-electron chi connectivity index (χ4n) is 3.87. The van der Waals surface area contributed by atoms with E-state index in [1.54, 1.807) is 6.92 Å². The summed E-state index contributed by atoms with van der Waals surface area (Å²) in [6, 6.07) is 29.4. The first-order valence-electron chi connectivity index (χ1n) is 11.9. The molecule has 0 unspecified atom stereocenters. The molecule has 1 aliphatic heterocycles. The minimum Gasteiger partial charge on any atom is -0.303 e. The average molecular weight is 498 g/mol. The van der Waals surface area contributed by atoms with Gasteiger partial charge in [0.15, 0.2) is 4.90 Å². The average Bonchev–Trinajstić information content (AvgIpc) is 2.92. The smallest absolute Gasteiger partial charge is 0.289 e. The molecule has 0 aliphatic carbocycles. The van der Waals surface area contributed by atoms with Crippen LogP contribution in [0, 0.1) is 10.1 Å². The van der Waals surface area contributed by atoms with Crippen LogP contribution >= 0.6 is 0 Å². The van der Waals surface area contributed by atoms with E-state index in [4.69, 9.17) is 0 Å². The molecule has 8 heteroatoms. The van der Waals surface area contributed by atoms with Gasteiger partial charge in [0.25, 0.3) is 5.69 Å². The molecule has 1 aliphatic rings. The maximum absolute atomic E-state index is 12.9. The molecule has 0 N–H and O–H groups in total. The third-order valence-electron chi connectivity index (χ3n) is 5.71. The van der Waals surface area contributed by atoms with Crippen LogP contribution in [0.2, 0.25) is 0 Å². The summed E-state index contributed by atoms with van der Waals surface area (Å²) in [5.41, 5.74) is -0.364. The summed E-state index contributed by atoms with van der Waals surface area (Å²) in [6.07, 6.45) is 1.50. The van der Waals surface area contributed by atoms with Gasteiger partial charge in [0.05, 0.1) is 4.92 Å². The molecule has 0 atom stereocenters. The van der Waals surface area contributed by atoms with Crippen molar-refractivity contribution in [3.8, 4) is 0 Å². The van der Waals surface area contributed by atoms with Crippen molar-refractivity contribution in [3.63, 3.8) is 0 Å². The van der Waals surface area contributed by atoms with Gasteiger partial charge < -0.3 is 4.90 Å². The summed E-state index contributed by atoms with van der Waals surface area (Å²) in [4.78, 5) is 12.6. The van der Waals surface area contributed by atoms with Crippen LogP contribution in [0.5, 0.6) is 0 Å².